The van der Waals surface area contributed by atoms with Gasteiger partial charge in [-0.15, -0.1) is 0 Å². The van der Waals surface area contributed by atoms with E-state index in [0.29, 0.717) is 16.0 Å². The number of amides is 1. The number of nitrogens with two attached hydrogens (primary N) is 2. The number of nitrogens with one attached hydrogen (secondary N) is 3. The monoisotopic (exact) mass is 543 g/mol. The minimum absolute atomic E-state index is 0.0322. The van der Waals surface area contributed by atoms with E-state index < -0.39 is 12.0 Å². The molecule has 0 fully saturated rings. The number of carbonyl (C=O) groups excluding carboxylic acids is 1. The number of hydrogen-bond acceptors (Lipinski definition) is 9. The SMILES string of the molecule is N=C(NCCCCc1cccc(OCC(O)CO)c1)NC(=O)c1nc(I)c(N)nc1N. The molecule has 0 saturated heterocycles. The van der Waals surface area contributed by atoms with Crippen LogP contribution in [0.1, 0.15) is 28.9 Å². The number of anilines is 2. The number of nitrogen functional groups attached to an aromatic ring is 2. The maximum atomic E-state index is 12.2. The molecule has 1 amide bonds. The van der Waals surface area contributed by atoms with Crippen molar-refractivity contribution in [3.05, 3.63) is 39.2 Å². The molecule has 1 aromatic carbocycles. The van der Waals surface area contributed by atoms with Crippen molar-refractivity contribution in [3.8, 4) is 5.75 Å². The summed E-state index contributed by atoms with van der Waals surface area (Å²) in [4.78, 5) is 20.1. The average molecular weight is 543 g/mol. The third kappa shape index (κ3) is 8.15. The number of unbranched alkanes of at least 4 members (excludes halogenated alkanes) is 1. The molecule has 0 aliphatic rings. The minimum Gasteiger partial charge on any atom is -0.491 e. The summed E-state index contributed by atoms with van der Waals surface area (Å²) in [5, 5.41) is 31.2. The molecule has 1 aromatic heterocycles. The van der Waals surface area contributed by atoms with Crippen LogP contribution in [0.3, 0.4) is 0 Å². The number of carbonyl (C=O) groups is 1. The van der Waals surface area contributed by atoms with Crippen molar-refractivity contribution >= 4 is 46.1 Å². The zero-order chi connectivity index (χ0) is 22.8. The van der Waals surface area contributed by atoms with Gasteiger partial charge in [-0.05, 0) is 59.5 Å². The lowest BCUT2D eigenvalue weighted by Crippen LogP contribution is -2.41. The molecular weight excluding hydrogens is 517 g/mol. The lowest BCUT2D eigenvalue weighted by atomic mass is 10.1. The molecule has 9 N–H and O–H groups in total. The zero-order valence-corrected chi connectivity index (χ0v) is 18.9. The highest BCUT2D eigenvalue weighted by molar-refractivity contribution is 14.1. The van der Waals surface area contributed by atoms with Gasteiger partial charge in [0.25, 0.3) is 5.91 Å². The lowest BCUT2D eigenvalue weighted by molar-refractivity contribution is 0.0536. The first-order chi connectivity index (χ1) is 14.8. The van der Waals surface area contributed by atoms with Gasteiger partial charge in [-0.25, -0.2) is 9.97 Å². The smallest absolute Gasteiger partial charge is 0.280 e. The highest BCUT2D eigenvalue weighted by Gasteiger charge is 2.16. The molecule has 2 rings (SSSR count). The van der Waals surface area contributed by atoms with Crippen molar-refractivity contribution in [1.82, 2.24) is 20.6 Å². The first kappa shape index (κ1) is 24.6. The summed E-state index contributed by atoms with van der Waals surface area (Å²) in [5.41, 5.74) is 12.3. The van der Waals surface area contributed by atoms with Crippen LogP contribution in [0.15, 0.2) is 24.3 Å². The van der Waals surface area contributed by atoms with Gasteiger partial charge in [-0.1, -0.05) is 12.1 Å². The predicted octanol–water partition coefficient (Wildman–Crippen LogP) is 0.255. The maximum Gasteiger partial charge on any atom is 0.280 e. The highest BCUT2D eigenvalue weighted by atomic mass is 127. The third-order valence-corrected chi connectivity index (χ3v) is 4.90. The fraction of sp³-hybridized carbons (Fsp3) is 0.368. The van der Waals surface area contributed by atoms with Crippen LogP contribution in [0, 0.1) is 9.11 Å². The molecule has 1 atom stereocenters. The Hall–Kier alpha value is -2.71. The van der Waals surface area contributed by atoms with Crippen LogP contribution in [0.5, 0.6) is 5.75 Å². The van der Waals surface area contributed by atoms with Gasteiger partial charge in [0.15, 0.2) is 23.3 Å². The van der Waals surface area contributed by atoms with Gasteiger partial charge < -0.3 is 31.7 Å². The number of aliphatic hydroxyl groups excluding tert-OH is 2. The molecule has 168 valence electrons. The van der Waals surface area contributed by atoms with Gasteiger partial charge in [0, 0.05) is 6.54 Å². The van der Waals surface area contributed by atoms with Crippen LogP contribution < -0.4 is 26.8 Å². The van der Waals surface area contributed by atoms with Crippen molar-refractivity contribution < 1.29 is 19.7 Å². The maximum absolute atomic E-state index is 12.2. The molecule has 1 unspecified atom stereocenters. The fourth-order valence-electron chi connectivity index (χ4n) is 2.53. The molecule has 2 aromatic rings. The van der Waals surface area contributed by atoms with Crippen LogP contribution in [0.4, 0.5) is 11.6 Å². The lowest BCUT2D eigenvalue weighted by Gasteiger charge is -2.11. The molecule has 0 radical (unpaired) electrons. The summed E-state index contributed by atoms with van der Waals surface area (Å²) in [7, 11) is 0. The van der Waals surface area contributed by atoms with E-state index in [1.165, 1.54) is 0 Å². The Kier molecular flexibility index (Phi) is 9.68. The third-order valence-electron chi connectivity index (χ3n) is 4.10. The number of halogens is 1. The molecule has 0 saturated carbocycles. The number of benzene rings is 1. The van der Waals surface area contributed by atoms with Crippen molar-refractivity contribution in [3.63, 3.8) is 0 Å². The molecule has 11 nitrogen and oxygen atoms in total. The minimum atomic E-state index is -0.905. The van der Waals surface area contributed by atoms with Crippen LogP contribution in [0.2, 0.25) is 0 Å². The summed E-state index contributed by atoms with van der Waals surface area (Å²) < 4.78 is 5.79. The van der Waals surface area contributed by atoms with Gasteiger partial charge in [0.2, 0.25) is 0 Å². The number of aromatic nitrogens is 2. The fourth-order valence-corrected chi connectivity index (χ4v) is 2.89. The first-order valence-corrected chi connectivity index (χ1v) is 10.6. The number of aliphatic hydroxyl groups is 2. The number of aryl methyl sites for hydroxylation is 1. The number of hydrogen-bond donors (Lipinski definition) is 7. The van der Waals surface area contributed by atoms with Gasteiger partial charge in [-0.2, -0.15) is 0 Å². The van der Waals surface area contributed by atoms with E-state index in [0.717, 1.165) is 24.8 Å². The second-order valence-electron chi connectivity index (χ2n) is 6.64. The Morgan fingerprint density at radius 3 is 2.77 bits per heavy atom. The van der Waals surface area contributed by atoms with E-state index in [1.807, 2.05) is 40.8 Å². The van der Waals surface area contributed by atoms with Gasteiger partial charge in [0.05, 0.1) is 6.61 Å². The largest absolute Gasteiger partial charge is 0.491 e. The van der Waals surface area contributed by atoms with Crippen molar-refractivity contribution in [2.75, 3.05) is 31.2 Å². The first-order valence-electron chi connectivity index (χ1n) is 9.53. The van der Waals surface area contributed by atoms with Crippen LogP contribution >= 0.6 is 22.6 Å². The number of guanidine groups is 1. The highest BCUT2D eigenvalue weighted by Crippen LogP contribution is 2.16. The summed E-state index contributed by atoms with van der Waals surface area (Å²) in [6, 6.07) is 7.52. The summed E-state index contributed by atoms with van der Waals surface area (Å²) in [6.07, 6.45) is 1.52. The normalized spacial score (nSPS) is 11.6. The molecule has 0 bridgehead atoms. The van der Waals surface area contributed by atoms with Gasteiger partial charge in [-0.3, -0.25) is 15.5 Å². The van der Waals surface area contributed by atoms with E-state index in [-0.39, 0.29) is 36.5 Å². The average Bonchev–Trinajstić information content (AvgIpc) is 2.74. The number of rotatable bonds is 10. The Bertz CT molecular complexity index is 913. The van der Waals surface area contributed by atoms with Gasteiger partial charge >= 0.3 is 0 Å². The van der Waals surface area contributed by atoms with E-state index in [2.05, 4.69) is 20.6 Å². The summed E-state index contributed by atoms with van der Waals surface area (Å²) >= 11 is 1.85. The molecule has 0 aliphatic carbocycles. The van der Waals surface area contributed by atoms with Crippen LogP contribution in [-0.2, 0) is 6.42 Å². The summed E-state index contributed by atoms with van der Waals surface area (Å²) in [5.74, 6) is -0.116. The van der Waals surface area contributed by atoms with Crippen LogP contribution in [0.25, 0.3) is 0 Å². The number of nitrogens with zero attached hydrogens (tertiary/aromatic N) is 2. The predicted molar refractivity (Wildman–Crippen MR) is 125 cm³/mol. The van der Waals surface area contributed by atoms with Crippen LogP contribution in [-0.4, -0.2) is 57.9 Å². The topological polar surface area (TPSA) is 192 Å². The Labute approximate surface area is 193 Å². The van der Waals surface area contributed by atoms with E-state index >= 15 is 0 Å². The van der Waals surface area contributed by atoms with E-state index in [4.69, 9.17) is 26.7 Å². The Balaban J connectivity index is 1.70. The molecule has 31 heavy (non-hydrogen) atoms. The quantitative estimate of drug-likeness (QED) is 0.0953. The van der Waals surface area contributed by atoms with Crippen molar-refractivity contribution in [2.24, 2.45) is 0 Å². The standard InChI is InChI=1S/C19H26IN7O4/c20-15-17(22)26-16(21)14(25-15)18(30)27-19(23)24-7-2-1-4-11-5-3-6-13(8-11)31-10-12(29)9-28/h3,5-6,8,12,28-29H,1-2,4,7,9-10H2,(H4,21,22,26)(H3,23,24,27,30). The molecule has 12 heteroatoms. The second kappa shape index (κ2) is 12.2. The van der Waals surface area contributed by atoms with E-state index in [1.54, 1.807) is 6.07 Å². The molecular formula is C19H26IN7O4. The zero-order valence-electron chi connectivity index (χ0n) is 16.8. The molecule has 1 heterocycles. The van der Waals surface area contributed by atoms with E-state index in [9.17, 15) is 9.90 Å². The van der Waals surface area contributed by atoms with Crippen molar-refractivity contribution in [1.29, 1.82) is 5.41 Å². The molecule has 0 aliphatic heterocycles. The van der Waals surface area contributed by atoms with Gasteiger partial charge in [0.1, 0.15) is 22.2 Å². The Morgan fingerprint density at radius 1 is 1.26 bits per heavy atom. The second-order valence-corrected chi connectivity index (χ2v) is 7.66. The molecule has 0 spiro atoms. The van der Waals surface area contributed by atoms with Crippen molar-refractivity contribution in [2.45, 2.75) is 25.4 Å². The summed E-state index contributed by atoms with van der Waals surface area (Å²) in [6.45, 7) is 0.186. The number of ether oxygens (including phenoxy) is 1. The Morgan fingerprint density at radius 2 is 2.03 bits per heavy atom.